The van der Waals surface area contributed by atoms with Gasteiger partial charge < -0.3 is 4.74 Å². The predicted molar refractivity (Wildman–Crippen MR) is 51.0 cm³/mol. The molecule has 0 aromatic carbocycles. The van der Waals surface area contributed by atoms with Crippen LogP contribution in [0.15, 0.2) is 11.7 Å². The number of halogens is 9. The van der Waals surface area contributed by atoms with Crippen LogP contribution in [0.2, 0.25) is 0 Å². The maximum atomic E-state index is 13.1. The van der Waals surface area contributed by atoms with E-state index in [1.54, 1.807) is 0 Å². The molecule has 0 aliphatic heterocycles. The second-order valence-corrected chi connectivity index (χ2v) is 4.27. The molecule has 0 aromatic heterocycles. The highest BCUT2D eigenvalue weighted by Gasteiger charge is 2.76. The van der Waals surface area contributed by atoms with Crippen molar-refractivity contribution in [2.45, 2.75) is 31.9 Å². The minimum absolute atomic E-state index is 0.547. The zero-order chi connectivity index (χ0) is 17.2. The van der Waals surface area contributed by atoms with E-state index in [-0.39, 0.29) is 0 Å². The topological polar surface area (TPSA) is 26.3 Å². The first-order chi connectivity index (χ1) is 9.16. The van der Waals surface area contributed by atoms with Crippen molar-refractivity contribution in [3.05, 3.63) is 11.7 Å². The van der Waals surface area contributed by atoms with Crippen LogP contribution in [0.4, 0.5) is 39.5 Å². The SMILES string of the molecule is CC(C)COC(=O)C(=C(F)F)C(F)(F)C(F)(F)C(F)(F)F. The second-order valence-electron chi connectivity index (χ2n) is 4.27. The Morgan fingerprint density at radius 3 is 1.71 bits per heavy atom. The van der Waals surface area contributed by atoms with E-state index in [0.717, 1.165) is 0 Å². The van der Waals surface area contributed by atoms with Crippen LogP contribution in [0.25, 0.3) is 0 Å². The number of carbonyl (C=O) groups excluding carboxylic acids is 1. The molecule has 0 saturated heterocycles. The van der Waals surface area contributed by atoms with Gasteiger partial charge in [-0.2, -0.15) is 39.5 Å². The molecule has 0 N–H and O–H groups in total. The number of alkyl halides is 7. The molecule has 0 rings (SSSR count). The van der Waals surface area contributed by atoms with E-state index in [1.165, 1.54) is 13.8 Å². The van der Waals surface area contributed by atoms with Crippen molar-refractivity contribution in [2.75, 3.05) is 6.61 Å². The molecule has 0 radical (unpaired) electrons. The summed E-state index contributed by atoms with van der Waals surface area (Å²) in [5.74, 6) is -16.5. The Labute approximate surface area is 112 Å². The maximum absolute atomic E-state index is 13.1. The molecule has 21 heavy (non-hydrogen) atoms. The molecule has 11 heteroatoms. The fraction of sp³-hybridized carbons (Fsp3) is 0.700. The van der Waals surface area contributed by atoms with Gasteiger partial charge in [-0.05, 0) is 5.92 Å². The Kier molecular flexibility index (Phi) is 5.73. The van der Waals surface area contributed by atoms with E-state index in [2.05, 4.69) is 4.74 Å². The second kappa shape index (κ2) is 6.14. The van der Waals surface area contributed by atoms with Gasteiger partial charge in [0.15, 0.2) is 5.57 Å². The van der Waals surface area contributed by atoms with Crippen LogP contribution >= 0.6 is 0 Å². The van der Waals surface area contributed by atoms with Gasteiger partial charge >= 0.3 is 24.0 Å². The van der Waals surface area contributed by atoms with Gasteiger partial charge in [0, 0.05) is 0 Å². The van der Waals surface area contributed by atoms with Gasteiger partial charge in [-0.3, -0.25) is 0 Å². The Balaban J connectivity index is 5.70. The van der Waals surface area contributed by atoms with Crippen molar-refractivity contribution >= 4 is 5.97 Å². The Morgan fingerprint density at radius 1 is 1.00 bits per heavy atom. The first-order valence-corrected chi connectivity index (χ1v) is 5.21. The van der Waals surface area contributed by atoms with Crippen LogP contribution in [0.1, 0.15) is 13.8 Å². The zero-order valence-corrected chi connectivity index (χ0v) is 10.5. The highest BCUT2D eigenvalue weighted by molar-refractivity contribution is 5.90. The van der Waals surface area contributed by atoms with Gasteiger partial charge in [0.2, 0.25) is 0 Å². The highest BCUT2D eigenvalue weighted by atomic mass is 19.4. The first-order valence-electron chi connectivity index (χ1n) is 5.21. The molecule has 0 aliphatic carbocycles. The smallest absolute Gasteiger partial charge is 0.460 e. The van der Waals surface area contributed by atoms with Crippen LogP contribution in [-0.4, -0.2) is 30.6 Å². The molecular formula is C10H9F9O2. The van der Waals surface area contributed by atoms with Gasteiger partial charge in [0.05, 0.1) is 6.61 Å². The summed E-state index contributed by atoms with van der Waals surface area (Å²) in [7, 11) is 0. The van der Waals surface area contributed by atoms with Crippen molar-refractivity contribution in [3.8, 4) is 0 Å². The van der Waals surface area contributed by atoms with Crippen molar-refractivity contribution < 1.29 is 49.0 Å². The van der Waals surface area contributed by atoms with E-state index < -0.39 is 48.2 Å². The van der Waals surface area contributed by atoms with Gasteiger partial charge in [0.1, 0.15) is 0 Å². The molecule has 2 nitrogen and oxygen atoms in total. The third-order valence-electron chi connectivity index (χ3n) is 2.01. The van der Waals surface area contributed by atoms with Gasteiger partial charge in [-0.1, -0.05) is 13.8 Å². The molecule has 0 atom stereocenters. The molecule has 0 heterocycles. The molecule has 0 fully saturated rings. The van der Waals surface area contributed by atoms with Crippen LogP contribution < -0.4 is 0 Å². The average Bonchev–Trinajstić information content (AvgIpc) is 2.23. The maximum Gasteiger partial charge on any atom is 0.460 e. The minimum Gasteiger partial charge on any atom is -0.462 e. The largest absolute Gasteiger partial charge is 0.462 e. The third kappa shape index (κ3) is 4.03. The fourth-order valence-corrected chi connectivity index (χ4v) is 0.974. The van der Waals surface area contributed by atoms with Crippen LogP contribution in [0.5, 0.6) is 0 Å². The summed E-state index contributed by atoms with van der Waals surface area (Å²) in [6.07, 6.45) is -10.5. The summed E-state index contributed by atoms with van der Waals surface area (Å²) in [5.41, 5.74) is -3.31. The monoisotopic (exact) mass is 332 g/mol. The summed E-state index contributed by atoms with van der Waals surface area (Å²) >= 11 is 0. The average molecular weight is 332 g/mol. The normalized spacial score (nSPS) is 13.3. The van der Waals surface area contributed by atoms with Crippen molar-refractivity contribution in [3.63, 3.8) is 0 Å². The van der Waals surface area contributed by atoms with Crippen LogP contribution in [0.3, 0.4) is 0 Å². The minimum atomic E-state index is -6.87. The number of hydrogen-bond acceptors (Lipinski definition) is 2. The van der Waals surface area contributed by atoms with E-state index in [0.29, 0.717) is 0 Å². The number of esters is 1. The lowest BCUT2D eigenvalue weighted by Gasteiger charge is -2.28. The molecule has 0 aliphatic rings. The Bertz CT molecular complexity index is 419. The summed E-state index contributed by atoms with van der Waals surface area (Å²) < 4.78 is 115. The predicted octanol–water partition coefficient (Wildman–Crippen LogP) is 4.17. The van der Waals surface area contributed by atoms with Crippen molar-refractivity contribution in [2.24, 2.45) is 5.92 Å². The fourth-order valence-electron chi connectivity index (χ4n) is 0.974. The lowest BCUT2D eigenvalue weighted by atomic mass is 10.0. The number of carbonyl (C=O) groups is 1. The van der Waals surface area contributed by atoms with E-state index >= 15 is 0 Å². The quantitative estimate of drug-likeness (QED) is 0.429. The molecule has 0 unspecified atom stereocenters. The molecule has 124 valence electrons. The summed E-state index contributed by atoms with van der Waals surface area (Å²) in [5, 5.41) is 0. The highest BCUT2D eigenvalue weighted by Crippen LogP contribution is 2.50. The molecular weight excluding hydrogens is 323 g/mol. The Morgan fingerprint density at radius 2 is 1.43 bits per heavy atom. The molecule has 0 amide bonds. The van der Waals surface area contributed by atoms with Crippen LogP contribution in [-0.2, 0) is 9.53 Å². The molecule has 0 spiro atoms. The first kappa shape index (κ1) is 19.6. The molecule has 0 aromatic rings. The number of hydrogen-bond donors (Lipinski definition) is 0. The van der Waals surface area contributed by atoms with E-state index in [9.17, 15) is 44.3 Å². The van der Waals surface area contributed by atoms with Crippen molar-refractivity contribution in [1.29, 1.82) is 0 Å². The van der Waals surface area contributed by atoms with Crippen molar-refractivity contribution in [1.82, 2.24) is 0 Å². The standard InChI is InChI=1S/C10H9F9O2/c1-4(2)3-21-7(20)5(6(11)12)8(13,14)9(15,16)10(17,18)19/h4H,3H2,1-2H3. The molecule has 0 saturated carbocycles. The summed E-state index contributed by atoms with van der Waals surface area (Å²) in [6.45, 7) is 1.99. The zero-order valence-electron chi connectivity index (χ0n) is 10.5. The van der Waals surface area contributed by atoms with E-state index in [1.807, 2.05) is 0 Å². The summed E-state index contributed by atoms with van der Waals surface area (Å²) in [4.78, 5) is 11.0. The third-order valence-corrected chi connectivity index (χ3v) is 2.01. The number of rotatable bonds is 5. The van der Waals surface area contributed by atoms with Gasteiger partial charge in [0.25, 0.3) is 6.08 Å². The number of ether oxygens (including phenoxy) is 1. The van der Waals surface area contributed by atoms with Crippen LogP contribution in [0, 0.1) is 5.92 Å². The molecule has 0 bridgehead atoms. The van der Waals surface area contributed by atoms with Gasteiger partial charge in [-0.25, -0.2) is 4.79 Å². The summed E-state index contributed by atoms with van der Waals surface area (Å²) in [6, 6.07) is 0. The lowest BCUT2D eigenvalue weighted by molar-refractivity contribution is -0.344. The van der Waals surface area contributed by atoms with E-state index in [4.69, 9.17) is 0 Å². The van der Waals surface area contributed by atoms with Gasteiger partial charge in [-0.15, -0.1) is 0 Å². The lowest BCUT2D eigenvalue weighted by Crippen LogP contribution is -2.54. The Hall–Kier alpha value is -1.42.